The molecule has 3 saturated carbocycles. The van der Waals surface area contributed by atoms with Gasteiger partial charge in [-0.25, -0.2) is 0 Å². The number of Topliss-reactive ketones (excluding diaryl/α,β-unsaturated/α-hetero) is 2. The van der Waals surface area contributed by atoms with E-state index >= 15 is 9.59 Å². The van der Waals surface area contributed by atoms with Crippen LogP contribution in [0.25, 0.3) is 43.1 Å². The number of fused-ring (bicyclic) bond motifs is 30. The Kier molecular flexibility index (Phi) is 6.96. The van der Waals surface area contributed by atoms with Crippen LogP contribution >= 0.6 is 0 Å². The summed E-state index contributed by atoms with van der Waals surface area (Å²) in [5.41, 5.74) is 5.05. The van der Waals surface area contributed by atoms with Crippen molar-refractivity contribution >= 4 is 54.7 Å². The van der Waals surface area contributed by atoms with Crippen molar-refractivity contribution in [2.24, 2.45) is 35.5 Å². The number of carbonyl (C=O) groups excluding carboxylic acids is 2. The molecule has 0 N–H and O–H groups in total. The minimum atomic E-state index is -1.02. The first-order valence-corrected chi connectivity index (χ1v) is 24.5. The Bertz CT molecular complexity index is 3900. The zero-order valence-electron chi connectivity index (χ0n) is 37.2. The predicted molar refractivity (Wildman–Crippen MR) is 272 cm³/mol. The van der Waals surface area contributed by atoms with Crippen LogP contribution in [0.5, 0.6) is 0 Å². The molecule has 10 unspecified atom stereocenters. The molecule has 320 valence electrons. The van der Waals surface area contributed by atoms with Crippen LogP contribution in [0.2, 0.25) is 0 Å². The van der Waals surface area contributed by atoms with E-state index in [2.05, 4.69) is 231 Å². The Hall–Kier alpha value is -7.68. The molecule has 0 aliphatic heterocycles. The number of hydrogen-bond donors (Lipinski definition) is 0. The predicted octanol–water partition coefficient (Wildman–Crippen LogP) is 13.6. The van der Waals surface area contributed by atoms with Crippen molar-refractivity contribution in [1.29, 1.82) is 0 Å². The quantitative estimate of drug-likeness (QED) is 0.100. The van der Waals surface area contributed by atoms with Crippen LogP contribution < -0.4 is 0 Å². The van der Waals surface area contributed by atoms with Gasteiger partial charge in [0.1, 0.15) is 0 Å². The van der Waals surface area contributed by atoms with Gasteiger partial charge in [-0.15, -0.1) is 0 Å². The summed E-state index contributed by atoms with van der Waals surface area (Å²) in [7, 11) is 0. The fourth-order valence-corrected chi connectivity index (χ4v) is 17.2. The lowest BCUT2D eigenvalue weighted by molar-refractivity contribution is -0.126. The number of carbonyl (C=O) groups is 2. The molecule has 2 heteroatoms. The van der Waals surface area contributed by atoms with Gasteiger partial charge < -0.3 is 0 Å². The molecule has 0 spiro atoms. The Morgan fingerprint density at radius 2 is 0.544 bits per heavy atom. The maximum absolute atomic E-state index is 17.4. The summed E-state index contributed by atoms with van der Waals surface area (Å²) in [6.07, 6.45) is 5.02. The van der Waals surface area contributed by atoms with Crippen molar-refractivity contribution in [2.75, 3.05) is 0 Å². The average Bonchev–Trinajstić information content (AvgIpc) is 3.96. The molecule has 6 aliphatic rings. The molecule has 16 rings (SSSR count). The number of ketones is 2. The van der Waals surface area contributed by atoms with Crippen LogP contribution in [-0.2, 0) is 31.2 Å². The third-order valence-corrected chi connectivity index (χ3v) is 18.8. The molecule has 0 saturated heterocycles. The van der Waals surface area contributed by atoms with Gasteiger partial charge in [-0.05, 0) is 117 Å². The van der Waals surface area contributed by atoms with Gasteiger partial charge in [0, 0.05) is 5.92 Å². The van der Waals surface area contributed by atoms with Gasteiger partial charge >= 0.3 is 0 Å². The zero-order valence-corrected chi connectivity index (χ0v) is 37.2. The van der Waals surface area contributed by atoms with Gasteiger partial charge in [-0.2, -0.15) is 0 Å². The molecule has 6 aliphatic carbocycles. The van der Waals surface area contributed by atoms with Gasteiger partial charge in [-0.1, -0.05) is 231 Å². The largest absolute Gasteiger partial charge is 0.297 e. The Morgan fingerprint density at radius 1 is 0.265 bits per heavy atom. The minimum Gasteiger partial charge on any atom is -0.297 e. The molecule has 68 heavy (non-hydrogen) atoms. The van der Waals surface area contributed by atoms with Crippen molar-refractivity contribution in [3.63, 3.8) is 0 Å². The van der Waals surface area contributed by atoms with Gasteiger partial charge in [-0.3, -0.25) is 9.59 Å². The summed E-state index contributed by atoms with van der Waals surface area (Å²) >= 11 is 0. The fraction of sp³-hybridized carbons (Fsp3) is 0.152. The molecular formula is C66H44O2. The first-order valence-electron chi connectivity index (χ1n) is 24.5. The summed E-state index contributed by atoms with van der Waals surface area (Å²) in [5, 5.41) is 9.37. The van der Waals surface area contributed by atoms with Gasteiger partial charge in [0.2, 0.25) is 0 Å². The Labute approximate surface area is 394 Å². The summed E-state index contributed by atoms with van der Waals surface area (Å²) in [5.74, 6) is 0.126. The van der Waals surface area contributed by atoms with E-state index in [9.17, 15) is 0 Å². The maximum atomic E-state index is 17.4. The van der Waals surface area contributed by atoms with Crippen molar-refractivity contribution in [1.82, 2.24) is 0 Å². The van der Waals surface area contributed by atoms with E-state index in [4.69, 9.17) is 0 Å². The van der Waals surface area contributed by atoms with E-state index in [1.54, 1.807) is 0 Å². The summed E-state index contributed by atoms with van der Waals surface area (Å²) in [6.45, 7) is 0. The molecule has 10 aromatic carbocycles. The number of hydrogen-bond acceptors (Lipinski definition) is 2. The molecule has 0 aromatic heterocycles. The molecule has 0 heterocycles. The van der Waals surface area contributed by atoms with E-state index < -0.39 is 21.7 Å². The van der Waals surface area contributed by atoms with E-state index in [1.165, 1.54) is 43.6 Å². The zero-order chi connectivity index (χ0) is 44.7. The highest BCUT2D eigenvalue weighted by Gasteiger charge is 2.87. The van der Waals surface area contributed by atoms with Crippen molar-refractivity contribution in [3.05, 3.63) is 275 Å². The Balaban J connectivity index is 1.09. The molecule has 0 amide bonds. The molecule has 10 atom stereocenters. The highest BCUT2D eigenvalue weighted by molar-refractivity contribution is 6.25. The van der Waals surface area contributed by atoms with E-state index in [0.29, 0.717) is 5.78 Å². The van der Waals surface area contributed by atoms with Crippen molar-refractivity contribution < 1.29 is 9.59 Å². The lowest BCUT2D eigenvalue weighted by Crippen LogP contribution is -2.64. The van der Waals surface area contributed by atoms with Crippen LogP contribution in [0.15, 0.2) is 231 Å². The van der Waals surface area contributed by atoms with Crippen molar-refractivity contribution in [2.45, 2.75) is 21.7 Å². The fourth-order valence-electron chi connectivity index (χ4n) is 17.2. The Morgan fingerprint density at radius 3 is 0.926 bits per heavy atom. The summed E-state index contributed by atoms with van der Waals surface area (Å²) in [6, 6.07) is 78.7. The minimum absolute atomic E-state index is 0.0174. The highest BCUT2D eigenvalue weighted by Crippen LogP contribution is 2.84. The van der Waals surface area contributed by atoms with E-state index in [1.807, 2.05) is 0 Å². The lowest BCUT2D eigenvalue weighted by Gasteiger charge is -2.65. The third kappa shape index (κ3) is 3.77. The maximum Gasteiger partial charge on any atom is 0.163 e. The lowest BCUT2D eigenvalue weighted by atomic mass is 9.36. The third-order valence-electron chi connectivity index (χ3n) is 18.8. The first-order chi connectivity index (χ1) is 33.6. The second kappa shape index (κ2) is 12.6. The smallest absolute Gasteiger partial charge is 0.163 e. The first kappa shape index (κ1) is 37.4. The number of benzene rings is 10. The van der Waals surface area contributed by atoms with Crippen LogP contribution in [0.4, 0.5) is 0 Å². The van der Waals surface area contributed by atoms with Gasteiger partial charge in [0.15, 0.2) is 11.6 Å². The van der Waals surface area contributed by atoms with E-state index in [-0.39, 0.29) is 41.3 Å². The van der Waals surface area contributed by atoms with Crippen LogP contribution in [0, 0.1) is 35.5 Å². The summed E-state index contributed by atoms with van der Waals surface area (Å²) in [4.78, 5) is 34.7. The molecular weight excluding hydrogens is 825 g/mol. The van der Waals surface area contributed by atoms with E-state index in [0.717, 1.165) is 44.0 Å². The molecule has 4 bridgehead atoms. The highest BCUT2D eigenvalue weighted by atomic mass is 16.1. The SMILES string of the molecule is O=C1C2(c3ccccc3)c3c(c4ccccc4c4ccccc34)C1(c1ccccc1)C1C3C(C=CC12)C1C3C2(c3ccccc3)C(=O)C1(c1ccccc1)c1c2c2ccccc2c2ccccc12. The van der Waals surface area contributed by atoms with Gasteiger partial charge in [0.05, 0.1) is 21.7 Å². The monoisotopic (exact) mass is 868 g/mol. The molecule has 0 radical (unpaired) electrons. The van der Waals surface area contributed by atoms with Crippen LogP contribution in [0.1, 0.15) is 44.5 Å². The molecule has 10 aromatic rings. The second-order valence-corrected chi connectivity index (χ2v) is 20.7. The van der Waals surface area contributed by atoms with Crippen LogP contribution in [0.3, 0.4) is 0 Å². The molecule has 3 fully saturated rings. The number of allylic oxidation sites excluding steroid dienone is 2. The summed E-state index contributed by atoms with van der Waals surface area (Å²) < 4.78 is 0. The average molecular weight is 869 g/mol. The normalized spacial score (nSPS) is 30.9. The van der Waals surface area contributed by atoms with Crippen LogP contribution in [-0.4, -0.2) is 11.6 Å². The molecule has 2 nitrogen and oxygen atoms in total. The van der Waals surface area contributed by atoms with Gasteiger partial charge in [0.25, 0.3) is 0 Å². The standard InChI is InChI=1S/C66H44O2/c67-61-63(39-21-5-1-6-22-39)52-38-37-51-53(59(52)65(61,41-25-9-3-10-26-41)55-48-34-18-14-30-44(48)43-29-13-17-33-47(43)54(55)63)60-58(51)64(40-23-7-2-8-24-40)56-49-35-19-15-31-45(49)46-32-16-20-36-50(46)57(56)66(60,62(64)68)42-27-11-4-12-28-42/h1-38,51-53,58-60H. The topological polar surface area (TPSA) is 34.1 Å². The second-order valence-electron chi connectivity index (χ2n) is 20.7. The number of rotatable bonds is 4. The van der Waals surface area contributed by atoms with Crippen molar-refractivity contribution in [3.8, 4) is 0 Å².